The second kappa shape index (κ2) is 8.56. The van der Waals surface area contributed by atoms with E-state index in [1.54, 1.807) is 36.5 Å². The molecule has 4 nitrogen and oxygen atoms in total. The zero-order valence-electron chi connectivity index (χ0n) is 14.7. The van der Waals surface area contributed by atoms with Gasteiger partial charge >= 0.3 is 0 Å². The summed E-state index contributed by atoms with van der Waals surface area (Å²) in [6.45, 7) is 0. The Kier molecular flexibility index (Phi) is 5.88. The molecule has 0 saturated heterocycles. The van der Waals surface area contributed by atoms with Crippen LogP contribution >= 0.6 is 46.4 Å². The molecule has 0 amide bonds. The Morgan fingerprint density at radius 2 is 1.62 bits per heavy atom. The van der Waals surface area contributed by atoms with Gasteiger partial charge in [-0.3, -0.25) is 5.43 Å². The van der Waals surface area contributed by atoms with E-state index in [-0.39, 0.29) is 0 Å². The van der Waals surface area contributed by atoms with E-state index in [9.17, 15) is 0 Å². The number of halogens is 4. The highest BCUT2D eigenvalue weighted by molar-refractivity contribution is 6.42. The normalized spacial score (nSPS) is 11.3. The summed E-state index contributed by atoms with van der Waals surface area (Å²) in [5.41, 5.74) is 5.23. The van der Waals surface area contributed by atoms with E-state index >= 15 is 0 Å². The summed E-state index contributed by atoms with van der Waals surface area (Å²) in [5, 5.41) is 7.09. The monoisotopic (exact) mass is 460 g/mol. The highest BCUT2D eigenvalue weighted by Gasteiger charge is 2.10. The van der Waals surface area contributed by atoms with Crippen LogP contribution in [0.5, 0.6) is 0 Å². The number of hydrogen-bond acceptors (Lipinski definition) is 4. The Bertz CT molecular complexity index is 1240. The molecular weight excluding hydrogens is 450 g/mol. The van der Waals surface area contributed by atoms with Gasteiger partial charge in [0.05, 0.1) is 26.8 Å². The Balaban J connectivity index is 1.72. The third-order valence-corrected chi connectivity index (χ3v) is 5.42. The summed E-state index contributed by atoms with van der Waals surface area (Å²) in [6, 6.07) is 18.1. The largest absolute Gasteiger partial charge is 0.261 e. The molecule has 0 saturated carbocycles. The van der Waals surface area contributed by atoms with Crippen LogP contribution in [0.15, 0.2) is 65.8 Å². The molecule has 29 heavy (non-hydrogen) atoms. The number of nitrogens with zero attached hydrogens (tertiary/aromatic N) is 3. The first-order valence-electron chi connectivity index (χ1n) is 8.47. The number of benzene rings is 3. The zero-order chi connectivity index (χ0) is 20.4. The maximum absolute atomic E-state index is 6.19. The van der Waals surface area contributed by atoms with Gasteiger partial charge in [-0.2, -0.15) is 5.10 Å². The number of fused-ring (bicyclic) bond motifs is 1. The summed E-state index contributed by atoms with van der Waals surface area (Å²) >= 11 is 24.3. The van der Waals surface area contributed by atoms with Crippen LogP contribution in [0.25, 0.3) is 22.3 Å². The molecule has 0 spiro atoms. The topological polar surface area (TPSA) is 50.2 Å². The Morgan fingerprint density at radius 3 is 2.41 bits per heavy atom. The van der Waals surface area contributed by atoms with Crippen LogP contribution in [0.1, 0.15) is 5.56 Å². The van der Waals surface area contributed by atoms with E-state index < -0.39 is 0 Å². The predicted molar refractivity (Wildman–Crippen MR) is 123 cm³/mol. The van der Waals surface area contributed by atoms with Gasteiger partial charge in [-0.05, 0) is 42.5 Å². The summed E-state index contributed by atoms with van der Waals surface area (Å²) in [7, 11) is 0. The third kappa shape index (κ3) is 4.46. The molecule has 0 bridgehead atoms. The molecule has 144 valence electrons. The van der Waals surface area contributed by atoms with Crippen LogP contribution in [0.4, 0.5) is 5.82 Å². The minimum absolute atomic E-state index is 0.436. The summed E-state index contributed by atoms with van der Waals surface area (Å²) < 4.78 is 0. The Hall–Kier alpha value is -2.37. The molecule has 0 aliphatic rings. The lowest BCUT2D eigenvalue weighted by atomic mass is 10.2. The highest BCUT2D eigenvalue weighted by atomic mass is 35.5. The second-order valence-electron chi connectivity index (χ2n) is 6.08. The number of aromatic nitrogens is 2. The van der Waals surface area contributed by atoms with Crippen molar-refractivity contribution in [2.24, 2.45) is 5.10 Å². The molecule has 8 heteroatoms. The number of hydrazone groups is 1. The highest BCUT2D eigenvalue weighted by Crippen LogP contribution is 2.29. The molecule has 1 heterocycles. The van der Waals surface area contributed by atoms with Gasteiger partial charge in [-0.25, -0.2) is 9.97 Å². The first-order valence-corrected chi connectivity index (χ1v) is 9.99. The average Bonchev–Trinajstić information content (AvgIpc) is 2.71. The van der Waals surface area contributed by atoms with Crippen LogP contribution in [-0.2, 0) is 0 Å². The fourth-order valence-corrected chi connectivity index (χ4v) is 3.45. The zero-order valence-corrected chi connectivity index (χ0v) is 17.7. The van der Waals surface area contributed by atoms with Crippen LogP contribution < -0.4 is 5.43 Å². The molecule has 1 aromatic heterocycles. The fourth-order valence-electron chi connectivity index (χ4n) is 2.70. The molecule has 0 unspecified atom stereocenters. The number of nitrogens with one attached hydrogen (secondary N) is 1. The predicted octanol–water partition coefficient (Wildman–Crippen LogP) is 7.36. The third-order valence-electron chi connectivity index (χ3n) is 4.12. The van der Waals surface area contributed by atoms with Gasteiger partial charge in [-0.15, -0.1) is 0 Å². The fraction of sp³-hybridized carbons (Fsp3) is 0. The second-order valence-corrected chi connectivity index (χ2v) is 7.74. The van der Waals surface area contributed by atoms with Crippen molar-refractivity contribution in [2.75, 3.05) is 5.43 Å². The summed E-state index contributed by atoms with van der Waals surface area (Å²) in [4.78, 5) is 9.24. The number of anilines is 1. The molecule has 4 rings (SSSR count). The van der Waals surface area contributed by atoms with Gasteiger partial charge in [0.2, 0.25) is 0 Å². The summed E-state index contributed by atoms with van der Waals surface area (Å²) in [6.07, 6.45) is 1.61. The van der Waals surface area contributed by atoms with Crippen LogP contribution in [0, 0.1) is 0 Å². The van der Waals surface area contributed by atoms with E-state index in [2.05, 4.69) is 20.5 Å². The van der Waals surface area contributed by atoms with Gasteiger partial charge in [0.25, 0.3) is 0 Å². The standard InChI is InChI=1S/C21H12Cl4N4/c22-14-7-5-13(17(24)10-14)11-26-29-21-15-3-1-2-4-19(15)27-20(28-21)12-6-8-16(23)18(25)9-12/h1-11H,(H,27,28,29)/b26-11+. The Morgan fingerprint density at radius 1 is 0.793 bits per heavy atom. The Labute approximate surface area is 187 Å². The lowest BCUT2D eigenvalue weighted by Gasteiger charge is -2.09. The number of hydrogen-bond donors (Lipinski definition) is 1. The van der Waals surface area contributed by atoms with Crippen LogP contribution in [0.2, 0.25) is 20.1 Å². The quantitative estimate of drug-likeness (QED) is 0.255. The minimum atomic E-state index is 0.436. The van der Waals surface area contributed by atoms with E-state index in [4.69, 9.17) is 46.4 Å². The lowest BCUT2D eigenvalue weighted by molar-refractivity contribution is 1.19. The molecule has 4 aromatic rings. The maximum Gasteiger partial charge on any atom is 0.162 e. The van der Waals surface area contributed by atoms with E-state index in [0.717, 1.165) is 22.0 Å². The molecular formula is C21H12Cl4N4. The first-order chi connectivity index (χ1) is 14.0. The van der Waals surface area contributed by atoms with Crippen LogP contribution in [-0.4, -0.2) is 16.2 Å². The molecule has 0 fully saturated rings. The molecule has 1 N–H and O–H groups in total. The van der Waals surface area contributed by atoms with Crippen molar-refractivity contribution < 1.29 is 0 Å². The smallest absolute Gasteiger partial charge is 0.162 e. The van der Waals surface area contributed by atoms with Crippen molar-refractivity contribution in [3.05, 3.63) is 86.3 Å². The molecule has 0 atom stereocenters. The minimum Gasteiger partial charge on any atom is -0.261 e. The van der Waals surface area contributed by atoms with Gasteiger partial charge < -0.3 is 0 Å². The molecule has 0 aliphatic carbocycles. The molecule has 0 aliphatic heterocycles. The van der Waals surface area contributed by atoms with E-state index in [1.165, 1.54) is 0 Å². The van der Waals surface area contributed by atoms with Gasteiger partial charge in [-0.1, -0.05) is 64.6 Å². The van der Waals surface area contributed by atoms with Crippen molar-refractivity contribution in [1.82, 2.24) is 9.97 Å². The van der Waals surface area contributed by atoms with Gasteiger partial charge in [0.15, 0.2) is 11.6 Å². The van der Waals surface area contributed by atoms with Crippen molar-refractivity contribution in [2.45, 2.75) is 0 Å². The summed E-state index contributed by atoms with van der Waals surface area (Å²) in [5.74, 6) is 1.06. The SMILES string of the molecule is Clc1ccc(/C=N/Nc2nc(-c3ccc(Cl)c(Cl)c3)nc3ccccc23)c(Cl)c1. The van der Waals surface area contributed by atoms with E-state index in [1.807, 2.05) is 30.3 Å². The number of rotatable bonds is 4. The average molecular weight is 462 g/mol. The van der Waals surface area contributed by atoms with Crippen molar-refractivity contribution in [3.63, 3.8) is 0 Å². The molecule has 0 radical (unpaired) electrons. The van der Waals surface area contributed by atoms with Crippen molar-refractivity contribution in [3.8, 4) is 11.4 Å². The van der Waals surface area contributed by atoms with Gasteiger partial charge in [0.1, 0.15) is 0 Å². The van der Waals surface area contributed by atoms with Crippen molar-refractivity contribution in [1.29, 1.82) is 0 Å². The number of para-hydroxylation sites is 1. The van der Waals surface area contributed by atoms with Gasteiger partial charge in [0, 0.05) is 21.5 Å². The van der Waals surface area contributed by atoms with E-state index in [0.29, 0.717) is 31.7 Å². The lowest BCUT2D eigenvalue weighted by Crippen LogP contribution is -1.99. The maximum atomic E-state index is 6.19. The van der Waals surface area contributed by atoms with Crippen LogP contribution in [0.3, 0.4) is 0 Å². The van der Waals surface area contributed by atoms with Crippen molar-refractivity contribution >= 4 is 69.3 Å². The molecule has 3 aromatic carbocycles. The first kappa shape index (κ1) is 19.9.